The van der Waals surface area contributed by atoms with Gasteiger partial charge in [0.25, 0.3) is 5.91 Å². The molecule has 4 nitrogen and oxygen atoms in total. The van der Waals surface area contributed by atoms with Gasteiger partial charge in [-0.05, 0) is 18.2 Å². The Hall–Kier alpha value is -2.02. The number of nitrogens with zero attached hydrogens (tertiary/aromatic N) is 1. The number of carbonyl (C=O) groups excluding carboxylic acids is 1. The molecular formula is C16H18F2N2O2S. The van der Waals surface area contributed by atoms with Crippen LogP contribution in [0.2, 0.25) is 0 Å². The monoisotopic (exact) mass is 340 g/mol. The average Bonchev–Trinajstić information content (AvgIpc) is 2.93. The molecular weight excluding hydrogens is 322 g/mol. The standard InChI is InChI=1S/C16H18F2N2O2S/c1-16(2,3)12-9-23-13(20-12)8-19-14(21)10-5-4-6-11(7-10)22-15(17)18/h4-7,9,15H,8H2,1-3H3,(H,19,21). The maximum absolute atomic E-state index is 12.2. The predicted molar refractivity (Wildman–Crippen MR) is 85.1 cm³/mol. The number of ether oxygens (including phenoxy) is 1. The number of hydrogen-bond acceptors (Lipinski definition) is 4. The molecule has 1 aromatic heterocycles. The van der Waals surface area contributed by atoms with E-state index in [4.69, 9.17) is 0 Å². The Morgan fingerprint density at radius 1 is 1.39 bits per heavy atom. The van der Waals surface area contributed by atoms with Crippen molar-refractivity contribution < 1.29 is 18.3 Å². The molecule has 0 aliphatic heterocycles. The number of rotatable bonds is 5. The molecule has 1 N–H and O–H groups in total. The summed E-state index contributed by atoms with van der Waals surface area (Å²) in [5, 5.41) is 5.49. The third-order valence-electron chi connectivity index (χ3n) is 3.04. The van der Waals surface area contributed by atoms with Crippen LogP contribution in [0.4, 0.5) is 8.78 Å². The summed E-state index contributed by atoms with van der Waals surface area (Å²) in [6.07, 6.45) is 0. The van der Waals surface area contributed by atoms with Crippen molar-refractivity contribution in [2.75, 3.05) is 0 Å². The zero-order valence-electron chi connectivity index (χ0n) is 13.1. The molecule has 0 spiro atoms. The Morgan fingerprint density at radius 3 is 2.74 bits per heavy atom. The van der Waals surface area contributed by atoms with Gasteiger partial charge in [0.15, 0.2) is 0 Å². The number of halogens is 2. The van der Waals surface area contributed by atoms with Gasteiger partial charge in [0.1, 0.15) is 10.8 Å². The molecule has 124 valence electrons. The SMILES string of the molecule is CC(C)(C)c1csc(CNC(=O)c2cccc(OC(F)F)c2)n1. The molecule has 1 aromatic carbocycles. The van der Waals surface area contributed by atoms with Crippen LogP contribution in [0.5, 0.6) is 5.75 Å². The average molecular weight is 340 g/mol. The van der Waals surface area contributed by atoms with E-state index >= 15 is 0 Å². The molecule has 0 bridgehead atoms. The molecule has 7 heteroatoms. The van der Waals surface area contributed by atoms with E-state index in [-0.39, 0.29) is 22.6 Å². The molecule has 23 heavy (non-hydrogen) atoms. The summed E-state index contributed by atoms with van der Waals surface area (Å²) in [7, 11) is 0. The van der Waals surface area contributed by atoms with Gasteiger partial charge in [0, 0.05) is 16.4 Å². The summed E-state index contributed by atoms with van der Waals surface area (Å²) >= 11 is 1.48. The topological polar surface area (TPSA) is 51.2 Å². The number of benzene rings is 1. The molecule has 0 radical (unpaired) electrons. The minimum absolute atomic E-state index is 0.0420. The molecule has 1 amide bonds. The summed E-state index contributed by atoms with van der Waals surface area (Å²) in [6.45, 7) is 3.58. The van der Waals surface area contributed by atoms with Crippen LogP contribution in [0.15, 0.2) is 29.6 Å². The second-order valence-electron chi connectivity index (χ2n) is 5.97. The lowest BCUT2D eigenvalue weighted by molar-refractivity contribution is -0.0498. The predicted octanol–water partition coefficient (Wildman–Crippen LogP) is 3.97. The molecule has 0 aliphatic carbocycles. The summed E-state index contributed by atoms with van der Waals surface area (Å²) < 4.78 is 28.7. The molecule has 0 unspecified atom stereocenters. The fourth-order valence-electron chi connectivity index (χ4n) is 1.81. The quantitative estimate of drug-likeness (QED) is 0.896. The van der Waals surface area contributed by atoms with Crippen LogP contribution in [-0.4, -0.2) is 17.5 Å². The van der Waals surface area contributed by atoms with Crippen molar-refractivity contribution in [3.05, 3.63) is 45.9 Å². The van der Waals surface area contributed by atoms with Crippen molar-refractivity contribution in [2.45, 2.75) is 39.3 Å². The van der Waals surface area contributed by atoms with Gasteiger partial charge in [-0.2, -0.15) is 8.78 Å². The van der Waals surface area contributed by atoms with E-state index in [9.17, 15) is 13.6 Å². The van der Waals surface area contributed by atoms with Crippen LogP contribution in [0.25, 0.3) is 0 Å². The van der Waals surface area contributed by atoms with Crippen LogP contribution in [0.3, 0.4) is 0 Å². The number of amides is 1. The van der Waals surface area contributed by atoms with Gasteiger partial charge in [-0.15, -0.1) is 11.3 Å². The number of aromatic nitrogens is 1. The number of nitrogens with one attached hydrogen (secondary N) is 1. The fourth-order valence-corrected chi connectivity index (χ4v) is 2.77. The molecule has 0 aliphatic rings. The Kier molecular flexibility index (Phi) is 5.30. The van der Waals surface area contributed by atoms with E-state index < -0.39 is 6.61 Å². The highest BCUT2D eigenvalue weighted by Gasteiger charge is 2.17. The maximum atomic E-state index is 12.2. The van der Waals surface area contributed by atoms with Gasteiger partial charge in [0.2, 0.25) is 0 Å². The lowest BCUT2D eigenvalue weighted by Crippen LogP contribution is -2.23. The number of hydrogen-bond donors (Lipinski definition) is 1. The highest BCUT2D eigenvalue weighted by Crippen LogP contribution is 2.24. The Labute approximate surface area is 137 Å². The zero-order valence-corrected chi connectivity index (χ0v) is 13.9. The lowest BCUT2D eigenvalue weighted by atomic mass is 9.93. The fraction of sp³-hybridized carbons (Fsp3) is 0.375. The van der Waals surface area contributed by atoms with E-state index in [0.29, 0.717) is 6.54 Å². The van der Waals surface area contributed by atoms with E-state index in [1.807, 2.05) is 5.38 Å². The Morgan fingerprint density at radius 2 is 2.13 bits per heavy atom. The molecule has 0 fully saturated rings. The van der Waals surface area contributed by atoms with Gasteiger partial charge in [-0.3, -0.25) is 4.79 Å². The van der Waals surface area contributed by atoms with E-state index in [1.54, 1.807) is 0 Å². The Balaban J connectivity index is 1.98. The van der Waals surface area contributed by atoms with Crippen LogP contribution < -0.4 is 10.1 Å². The smallest absolute Gasteiger partial charge is 0.387 e. The van der Waals surface area contributed by atoms with Crippen molar-refractivity contribution in [3.63, 3.8) is 0 Å². The third-order valence-corrected chi connectivity index (χ3v) is 3.89. The summed E-state index contributed by atoms with van der Waals surface area (Å²) in [4.78, 5) is 16.6. The van der Waals surface area contributed by atoms with Gasteiger partial charge >= 0.3 is 6.61 Å². The third kappa shape index (κ3) is 4.99. The zero-order chi connectivity index (χ0) is 17.0. The second kappa shape index (κ2) is 7.04. The largest absolute Gasteiger partial charge is 0.435 e. The van der Waals surface area contributed by atoms with Crippen molar-refractivity contribution >= 4 is 17.2 Å². The van der Waals surface area contributed by atoms with E-state index in [1.165, 1.54) is 35.6 Å². The molecule has 0 atom stereocenters. The first-order valence-corrected chi connectivity index (χ1v) is 7.91. The van der Waals surface area contributed by atoms with Crippen molar-refractivity contribution in [1.29, 1.82) is 0 Å². The summed E-state index contributed by atoms with van der Waals surface area (Å²) in [5.74, 6) is -0.408. The summed E-state index contributed by atoms with van der Waals surface area (Å²) in [6, 6.07) is 5.69. The molecule has 0 saturated heterocycles. The molecule has 0 saturated carbocycles. The van der Waals surface area contributed by atoms with Crippen LogP contribution in [0.1, 0.15) is 41.8 Å². The van der Waals surface area contributed by atoms with Crippen LogP contribution in [-0.2, 0) is 12.0 Å². The van der Waals surface area contributed by atoms with Crippen molar-refractivity contribution in [1.82, 2.24) is 10.3 Å². The molecule has 2 aromatic rings. The molecule has 1 heterocycles. The first-order chi connectivity index (χ1) is 10.8. The van der Waals surface area contributed by atoms with E-state index in [0.717, 1.165) is 10.7 Å². The first-order valence-electron chi connectivity index (χ1n) is 7.03. The maximum Gasteiger partial charge on any atom is 0.387 e. The lowest BCUT2D eigenvalue weighted by Gasteiger charge is -2.14. The summed E-state index contributed by atoms with van der Waals surface area (Å²) in [5.41, 5.74) is 1.19. The van der Waals surface area contributed by atoms with E-state index in [2.05, 4.69) is 35.8 Å². The molecule has 2 rings (SSSR count). The highest BCUT2D eigenvalue weighted by atomic mass is 32.1. The number of alkyl halides is 2. The van der Waals surface area contributed by atoms with Gasteiger partial charge in [-0.1, -0.05) is 26.8 Å². The van der Waals surface area contributed by atoms with Gasteiger partial charge < -0.3 is 10.1 Å². The van der Waals surface area contributed by atoms with Crippen LogP contribution >= 0.6 is 11.3 Å². The number of carbonyl (C=O) groups is 1. The van der Waals surface area contributed by atoms with Gasteiger partial charge in [0.05, 0.1) is 12.2 Å². The van der Waals surface area contributed by atoms with Crippen LogP contribution in [0, 0.1) is 0 Å². The van der Waals surface area contributed by atoms with Gasteiger partial charge in [-0.25, -0.2) is 4.98 Å². The minimum Gasteiger partial charge on any atom is -0.435 e. The first kappa shape index (κ1) is 17.3. The number of thiazole rings is 1. The van der Waals surface area contributed by atoms with Crippen molar-refractivity contribution in [3.8, 4) is 5.75 Å². The second-order valence-corrected chi connectivity index (χ2v) is 6.91. The normalized spacial score (nSPS) is 11.6. The minimum atomic E-state index is -2.92. The van der Waals surface area contributed by atoms with Crippen molar-refractivity contribution in [2.24, 2.45) is 0 Å². The Bertz CT molecular complexity index is 681. The highest BCUT2D eigenvalue weighted by molar-refractivity contribution is 7.09.